The molecular formula is C16H11N5O2. The van der Waals surface area contributed by atoms with Crippen LogP contribution >= 0.6 is 0 Å². The Morgan fingerprint density at radius 1 is 1.13 bits per heavy atom. The lowest BCUT2D eigenvalue weighted by molar-refractivity contribution is 0.726. The molecule has 0 radical (unpaired) electrons. The quantitative estimate of drug-likeness (QED) is 0.548. The van der Waals surface area contributed by atoms with Gasteiger partial charge in [0.1, 0.15) is 5.65 Å². The molecule has 0 saturated carbocycles. The highest BCUT2D eigenvalue weighted by Gasteiger charge is 2.07. The Kier molecular flexibility index (Phi) is 2.97. The van der Waals surface area contributed by atoms with Crippen LogP contribution in [0.5, 0.6) is 0 Å². The summed E-state index contributed by atoms with van der Waals surface area (Å²) in [6, 6.07) is 8.38. The summed E-state index contributed by atoms with van der Waals surface area (Å²) in [5.41, 5.74) is 1.23. The molecule has 4 aromatic heterocycles. The first-order valence-corrected chi connectivity index (χ1v) is 6.99. The maximum Gasteiger partial charge on any atom is 0.261 e. The molecule has 0 aliphatic heterocycles. The fourth-order valence-electron chi connectivity index (χ4n) is 2.48. The number of fused-ring (bicyclic) bond motifs is 2. The third kappa shape index (κ3) is 2.28. The van der Waals surface area contributed by atoms with Crippen molar-refractivity contribution in [2.45, 2.75) is 6.54 Å². The van der Waals surface area contributed by atoms with Crippen molar-refractivity contribution in [3.63, 3.8) is 0 Å². The highest BCUT2D eigenvalue weighted by Crippen LogP contribution is 2.04. The van der Waals surface area contributed by atoms with Gasteiger partial charge in [-0.2, -0.15) is 0 Å². The average molecular weight is 305 g/mol. The van der Waals surface area contributed by atoms with Gasteiger partial charge in [-0.25, -0.2) is 9.97 Å². The molecule has 0 atom stereocenters. The zero-order valence-electron chi connectivity index (χ0n) is 12.0. The Morgan fingerprint density at radius 2 is 2.04 bits per heavy atom. The van der Waals surface area contributed by atoms with E-state index in [4.69, 9.17) is 0 Å². The third-order valence-electron chi connectivity index (χ3n) is 3.58. The van der Waals surface area contributed by atoms with Gasteiger partial charge in [-0.3, -0.25) is 23.5 Å². The van der Waals surface area contributed by atoms with Gasteiger partial charge in [-0.05, 0) is 18.2 Å². The number of aromatic nitrogens is 5. The molecule has 0 saturated heterocycles. The van der Waals surface area contributed by atoms with Gasteiger partial charge < -0.3 is 0 Å². The van der Waals surface area contributed by atoms with Crippen LogP contribution in [0.1, 0.15) is 5.69 Å². The smallest absolute Gasteiger partial charge is 0.261 e. The van der Waals surface area contributed by atoms with Crippen molar-refractivity contribution >= 4 is 16.6 Å². The van der Waals surface area contributed by atoms with Crippen molar-refractivity contribution in [2.75, 3.05) is 0 Å². The van der Waals surface area contributed by atoms with E-state index in [0.717, 1.165) is 0 Å². The largest absolute Gasteiger partial charge is 0.293 e. The van der Waals surface area contributed by atoms with E-state index in [0.29, 0.717) is 22.2 Å². The molecular weight excluding hydrogens is 294 g/mol. The first-order chi connectivity index (χ1) is 11.2. The second-order valence-electron chi connectivity index (χ2n) is 5.09. The van der Waals surface area contributed by atoms with Gasteiger partial charge in [0, 0.05) is 18.5 Å². The number of hydrogen-bond acceptors (Lipinski definition) is 5. The van der Waals surface area contributed by atoms with Gasteiger partial charge >= 0.3 is 0 Å². The van der Waals surface area contributed by atoms with Crippen LogP contribution in [-0.4, -0.2) is 23.9 Å². The molecule has 0 aliphatic carbocycles. The minimum absolute atomic E-state index is 0.184. The van der Waals surface area contributed by atoms with Crippen LogP contribution in [-0.2, 0) is 6.54 Å². The summed E-state index contributed by atoms with van der Waals surface area (Å²) in [4.78, 5) is 37.1. The van der Waals surface area contributed by atoms with Crippen LogP contribution in [0, 0.1) is 0 Å². The van der Waals surface area contributed by atoms with E-state index < -0.39 is 0 Å². The third-order valence-corrected chi connectivity index (χ3v) is 3.58. The Bertz CT molecular complexity index is 1150. The predicted molar refractivity (Wildman–Crippen MR) is 84.4 cm³/mol. The molecule has 0 unspecified atom stereocenters. The van der Waals surface area contributed by atoms with E-state index in [2.05, 4.69) is 15.0 Å². The van der Waals surface area contributed by atoms with E-state index in [9.17, 15) is 9.59 Å². The molecule has 0 aromatic carbocycles. The summed E-state index contributed by atoms with van der Waals surface area (Å²) in [6.07, 6.45) is 6.20. The Morgan fingerprint density at radius 3 is 2.96 bits per heavy atom. The minimum atomic E-state index is -0.188. The van der Waals surface area contributed by atoms with Crippen molar-refractivity contribution in [2.24, 2.45) is 0 Å². The van der Waals surface area contributed by atoms with Crippen LogP contribution in [0.4, 0.5) is 0 Å². The zero-order chi connectivity index (χ0) is 15.8. The van der Waals surface area contributed by atoms with Crippen molar-refractivity contribution in [3.05, 3.63) is 81.7 Å². The van der Waals surface area contributed by atoms with Crippen molar-refractivity contribution in [1.82, 2.24) is 23.9 Å². The lowest BCUT2D eigenvalue weighted by Crippen LogP contribution is -2.23. The van der Waals surface area contributed by atoms with Gasteiger partial charge in [-0.15, -0.1) is 0 Å². The summed E-state index contributed by atoms with van der Waals surface area (Å²) in [5.74, 6) is 0. The Labute approximate surface area is 129 Å². The van der Waals surface area contributed by atoms with Gasteiger partial charge in [0.25, 0.3) is 11.1 Å². The van der Waals surface area contributed by atoms with Crippen LogP contribution in [0.3, 0.4) is 0 Å². The highest BCUT2D eigenvalue weighted by molar-refractivity contribution is 5.75. The lowest BCUT2D eigenvalue weighted by atomic mass is 10.3. The zero-order valence-corrected chi connectivity index (χ0v) is 12.0. The monoisotopic (exact) mass is 305 g/mol. The molecule has 4 heterocycles. The number of hydrogen-bond donors (Lipinski definition) is 0. The van der Waals surface area contributed by atoms with Crippen LogP contribution in [0.2, 0.25) is 0 Å². The van der Waals surface area contributed by atoms with Crippen LogP contribution in [0.15, 0.2) is 64.8 Å². The van der Waals surface area contributed by atoms with E-state index >= 15 is 0 Å². The molecule has 7 nitrogen and oxygen atoms in total. The fraction of sp³-hybridized carbons (Fsp3) is 0.0625. The first kappa shape index (κ1) is 13.3. The maximum atomic E-state index is 12.5. The first-order valence-electron chi connectivity index (χ1n) is 6.99. The summed E-state index contributed by atoms with van der Waals surface area (Å²) >= 11 is 0. The SMILES string of the molecule is O=c1c2ccncc2ncn1Cc1cc(=O)n2ccccc2n1. The topological polar surface area (TPSA) is 82.1 Å². The molecule has 4 rings (SSSR count). The standard InChI is InChI=1S/C16H11N5O2/c22-15-7-11(19-14-3-1-2-6-21(14)15)9-20-10-18-13-8-17-5-4-12(13)16(20)23/h1-8,10H,9H2. The number of rotatable bonds is 2. The van der Waals surface area contributed by atoms with Gasteiger partial charge in [0.15, 0.2) is 0 Å². The maximum absolute atomic E-state index is 12.5. The fourth-order valence-corrected chi connectivity index (χ4v) is 2.48. The number of pyridine rings is 2. The van der Waals surface area contributed by atoms with Crippen molar-refractivity contribution < 1.29 is 0 Å². The number of nitrogens with zero attached hydrogens (tertiary/aromatic N) is 5. The van der Waals surface area contributed by atoms with Crippen LogP contribution in [0.25, 0.3) is 16.6 Å². The molecule has 7 heteroatoms. The van der Waals surface area contributed by atoms with E-state index in [1.54, 1.807) is 36.8 Å². The summed E-state index contributed by atoms with van der Waals surface area (Å²) < 4.78 is 2.89. The van der Waals surface area contributed by atoms with Crippen molar-refractivity contribution in [1.29, 1.82) is 0 Å². The molecule has 0 fully saturated rings. The second kappa shape index (κ2) is 5.13. The summed E-state index contributed by atoms with van der Waals surface area (Å²) in [5, 5.41) is 0.486. The lowest BCUT2D eigenvalue weighted by Gasteiger charge is -2.07. The van der Waals surface area contributed by atoms with Crippen LogP contribution < -0.4 is 11.1 Å². The average Bonchev–Trinajstić information content (AvgIpc) is 2.58. The molecule has 0 amide bonds. The van der Waals surface area contributed by atoms with E-state index in [1.165, 1.54) is 21.4 Å². The summed E-state index contributed by atoms with van der Waals surface area (Å²) in [6.45, 7) is 0.185. The van der Waals surface area contributed by atoms with E-state index in [1.807, 2.05) is 6.07 Å². The molecule has 0 bridgehead atoms. The minimum Gasteiger partial charge on any atom is -0.293 e. The Hall–Kier alpha value is -3.35. The summed E-state index contributed by atoms with van der Waals surface area (Å²) in [7, 11) is 0. The van der Waals surface area contributed by atoms with Gasteiger partial charge in [0.05, 0.1) is 35.7 Å². The molecule has 4 aromatic rings. The highest BCUT2D eigenvalue weighted by atomic mass is 16.1. The van der Waals surface area contributed by atoms with Gasteiger partial charge in [0.2, 0.25) is 0 Å². The molecule has 112 valence electrons. The molecule has 0 N–H and O–H groups in total. The second-order valence-corrected chi connectivity index (χ2v) is 5.09. The molecule has 0 aliphatic rings. The van der Waals surface area contributed by atoms with Gasteiger partial charge in [-0.1, -0.05) is 6.07 Å². The predicted octanol–water partition coefficient (Wildman–Crippen LogP) is 0.848. The van der Waals surface area contributed by atoms with Crippen molar-refractivity contribution in [3.8, 4) is 0 Å². The Balaban J connectivity index is 1.83. The molecule has 0 spiro atoms. The van der Waals surface area contributed by atoms with E-state index in [-0.39, 0.29) is 17.7 Å². The normalized spacial score (nSPS) is 11.1. The molecule has 23 heavy (non-hydrogen) atoms.